The average Bonchev–Trinajstić information content (AvgIpc) is 2.76. The number of rotatable bonds is 3. The standard InChI is InChI=1S/C13H16N4O2/c1-16-10(5-14-12-6-13(19,7-12)8-12)15-17-4-2-3-9(17)11(16)18/h2-4,14,19H,5-8H2,1H3. The van der Waals surface area contributed by atoms with Crippen molar-refractivity contribution in [3.8, 4) is 0 Å². The van der Waals surface area contributed by atoms with Crippen LogP contribution in [0.2, 0.25) is 0 Å². The van der Waals surface area contributed by atoms with Gasteiger partial charge in [-0.25, -0.2) is 4.52 Å². The van der Waals surface area contributed by atoms with E-state index in [0.29, 0.717) is 17.9 Å². The van der Waals surface area contributed by atoms with Gasteiger partial charge in [0.1, 0.15) is 11.3 Å². The number of hydrogen-bond donors (Lipinski definition) is 2. The van der Waals surface area contributed by atoms with Crippen LogP contribution in [-0.4, -0.2) is 30.4 Å². The minimum absolute atomic E-state index is 0.0342. The molecule has 6 nitrogen and oxygen atoms in total. The molecule has 3 saturated carbocycles. The Kier molecular flexibility index (Phi) is 1.92. The monoisotopic (exact) mass is 260 g/mol. The van der Waals surface area contributed by atoms with E-state index in [1.807, 2.05) is 6.07 Å². The molecule has 3 aliphatic rings. The average molecular weight is 260 g/mol. The molecule has 0 aromatic carbocycles. The van der Waals surface area contributed by atoms with Crippen LogP contribution in [0.3, 0.4) is 0 Å². The third-order valence-corrected chi connectivity index (χ3v) is 4.49. The Morgan fingerprint density at radius 2 is 2.21 bits per heavy atom. The second kappa shape index (κ2) is 3.26. The van der Waals surface area contributed by atoms with Crippen molar-refractivity contribution in [1.29, 1.82) is 0 Å². The molecular weight excluding hydrogens is 244 g/mol. The minimum atomic E-state index is -0.406. The molecule has 3 fully saturated rings. The first-order chi connectivity index (χ1) is 9.00. The fraction of sp³-hybridized carbons (Fsp3) is 0.538. The zero-order chi connectivity index (χ0) is 13.3. The fourth-order valence-corrected chi connectivity index (χ4v) is 3.45. The van der Waals surface area contributed by atoms with Crippen molar-refractivity contribution in [2.75, 3.05) is 0 Å². The van der Waals surface area contributed by atoms with Crippen LogP contribution in [0, 0.1) is 0 Å². The largest absolute Gasteiger partial charge is 0.390 e. The van der Waals surface area contributed by atoms with Gasteiger partial charge in [0, 0.05) is 18.8 Å². The minimum Gasteiger partial charge on any atom is -0.390 e. The maximum Gasteiger partial charge on any atom is 0.277 e. The summed E-state index contributed by atoms with van der Waals surface area (Å²) in [5, 5.41) is 17.6. The maximum atomic E-state index is 12.1. The van der Waals surface area contributed by atoms with Gasteiger partial charge < -0.3 is 10.4 Å². The van der Waals surface area contributed by atoms with Crippen molar-refractivity contribution in [1.82, 2.24) is 19.5 Å². The number of nitrogens with one attached hydrogen (secondary N) is 1. The van der Waals surface area contributed by atoms with Gasteiger partial charge in [0.2, 0.25) is 0 Å². The first kappa shape index (κ1) is 11.2. The Bertz CT molecular complexity index is 710. The van der Waals surface area contributed by atoms with Crippen LogP contribution in [0.5, 0.6) is 0 Å². The molecular formula is C13H16N4O2. The van der Waals surface area contributed by atoms with Gasteiger partial charge in [0.25, 0.3) is 5.56 Å². The lowest BCUT2D eigenvalue weighted by molar-refractivity contribution is -0.221. The summed E-state index contributed by atoms with van der Waals surface area (Å²) in [6.45, 7) is 0.552. The fourth-order valence-electron chi connectivity index (χ4n) is 3.45. The molecule has 2 heterocycles. The van der Waals surface area contributed by atoms with Gasteiger partial charge >= 0.3 is 0 Å². The van der Waals surface area contributed by atoms with Gasteiger partial charge in [0.05, 0.1) is 12.1 Å². The number of aromatic nitrogens is 3. The first-order valence-corrected chi connectivity index (χ1v) is 6.51. The Balaban J connectivity index is 1.61. The molecule has 0 spiro atoms. The van der Waals surface area contributed by atoms with E-state index < -0.39 is 5.60 Å². The smallest absolute Gasteiger partial charge is 0.277 e. The second-order valence-electron chi connectivity index (χ2n) is 6.01. The lowest BCUT2D eigenvalue weighted by Gasteiger charge is -2.67. The summed E-state index contributed by atoms with van der Waals surface area (Å²) in [6.07, 6.45) is 4.24. The van der Waals surface area contributed by atoms with Crippen LogP contribution >= 0.6 is 0 Å². The van der Waals surface area contributed by atoms with E-state index in [1.54, 1.807) is 28.4 Å². The maximum absolute atomic E-state index is 12.1. The topological polar surface area (TPSA) is 71.6 Å². The molecule has 0 unspecified atom stereocenters. The van der Waals surface area contributed by atoms with Crippen molar-refractivity contribution < 1.29 is 5.11 Å². The molecule has 2 aromatic heterocycles. The molecule has 100 valence electrons. The zero-order valence-corrected chi connectivity index (χ0v) is 10.8. The van der Waals surface area contributed by atoms with Crippen LogP contribution < -0.4 is 10.9 Å². The van der Waals surface area contributed by atoms with Gasteiger partial charge in [-0.15, -0.1) is 0 Å². The Hall–Kier alpha value is -1.66. The van der Waals surface area contributed by atoms with Crippen molar-refractivity contribution >= 4 is 5.52 Å². The first-order valence-electron chi connectivity index (χ1n) is 6.51. The molecule has 6 heteroatoms. The molecule has 2 aromatic rings. The number of nitrogens with zero attached hydrogens (tertiary/aromatic N) is 3. The predicted octanol–water partition coefficient (Wildman–Crippen LogP) is -0.210. The van der Waals surface area contributed by atoms with Crippen LogP contribution in [0.15, 0.2) is 23.1 Å². The van der Waals surface area contributed by atoms with E-state index in [2.05, 4.69) is 10.4 Å². The van der Waals surface area contributed by atoms with Crippen LogP contribution in [0.1, 0.15) is 25.1 Å². The zero-order valence-electron chi connectivity index (χ0n) is 10.8. The molecule has 0 atom stereocenters. The van der Waals surface area contributed by atoms with Crippen LogP contribution in [0.4, 0.5) is 0 Å². The van der Waals surface area contributed by atoms with E-state index in [0.717, 1.165) is 19.3 Å². The van der Waals surface area contributed by atoms with E-state index >= 15 is 0 Å². The highest BCUT2D eigenvalue weighted by Gasteiger charge is 2.67. The van der Waals surface area contributed by atoms with E-state index in [-0.39, 0.29) is 11.1 Å². The van der Waals surface area contributed by atoms with E-state index in [4.69, 9.17) is 0 Å². The summed E-state index contributed by atoms with van der Waals surface area (Å²) >= 11 is 0. The third kappa shape index (κ3) is 1.44. The van der Waals surface area contributed by atoms with E-state index in [9.17, 15) is 9.90 Å². The van der Waals surface area contributed by atoms with Crippen LogP contribution in [-0.2, 0) is 13.6 Å². The lowest BCUT2D eigenvalue weighted by atomic mass is 9.46. The lowest BCUT2D eigenvalue weighted by Crippen LogP contribution is -2.77. The summed E-state index contributed by atoms with van der Waals surface area (Å²) in [6, 6.07) is 3.58. The summed E-state index contributed by atoms with van der Waals surface area (Å²) in [5.74, 6) is 0.713. The van der Waals surface area contributed by atoms with Crippen LogP contribution in [0.25, 0.3) is 5.52 Å². The van der Waals surface area contributed by atoms with Crippen molar-refractivity contribution in [2.24, 2.45) is 7.05 Å². The number of hydrogen-bond acceptors (Lipinski definition) is 4. The summed E-state index contributed by atoms with van der Waals surface area (Å²) in [5.41, 5.74) is 0.230. The second-order valence-corrected chi connectivity index (χ2v) is 6.01. The highest BCUT2D eigenvalue weighted by atomic mass is 16.3. The Labute approximate surface area is 109 Å². The van der Waals surface area contributed by atoms with Gasteiger partial charge in [-0.3, -0.25) is 9.36 Å². The third-order valence-electron chi connectivity index (χ3n) is 4.49. The van der Waals surface area contributed by atoms with Gasteiger partial charge in [0.15, 0.2) is 0 Å². The normalized spacial score (nSPS) is 32.1. The molecule has 3 aliphatic carbocycles. The molecule has 0 aliphatic heterocycles. The molecule has 0 radical (unpaired) electrons. The molecule has 2 bridgehead atoms. The van der Waals surface area contributed by atoms with Crippen molar-refractivity contribution in [2.45, 2.75) is 36.9 Å². The van der Waals surface area contributed by atoms with Gasteiger partial charge in [-0.05, 0) is 31.4 Å². The van der Waals surface area contributed by atoms with Crippen molar-refractivity contribution in [3.63, 3.8) is 0 Å². The molecule has 2 N–H and O–H groups in total. The Morgan fingerprint density at radius 1 is 1.47 bits per heavy atom. The number of aliphatic hydroxyl groups is 1. The summed E-state index contributed by atoms with van der Waals surface area (Å²) in [7, 11) is 1.74. The Morgan fingerprint density at radius 3 is 2.89 bits per heavy atom. The van der Waals surface area contributed by atoms with Crippen molar-refractivity contribution in [3.05, 3.63) is 34.5 Å². The highest BCUT2D eigenvalue weighted by molar-refractivity contribution is 5.43. The molecule has 0 amide bonds. The highest BCUT2D eigenvalue weighted by Crippen LogP contribution is 2.60. The molecule has 0 saturated heterocycles. The van der Waals surface area contributed by atoms with E-state index in [1.165, 1.54) is 0 Å². The van der Waals surface area contributed by atoms with Gasteiger partial charge in [-0.2, -0.15) is 5.10 Å². The quantitative estimate of drug-likeness (QED) is 0.801. The summed E-state index contributed by atoms with van der Waals surface area (Å²) < 4.78 is 3.21. The number of fused-ring (bicyclic) bond motifs is 1. The predicted molar refractivity (Wildman–Crippen MR) is 68.8 cm³/mol. The summed E-state index contributed by atoms with van der Waals surface area (Å²) in [4.78, 5) is 12.1. The SMILES string of the molecule is Cn1c(CNC23CC(O)(C2)C3)nn2cccc2c1=O. The molecule has 5 rings (SSSR count). The van der Waals surface area contributed by atoms with Gasteiger partial charge in [-0.1, -0.05) is 0 Å². The molecule has 19 heavy (non-hydrogen) atoms.